The Balaban J connectivity index is 1.23. The molecule has 0 unspecified atom stereocenters. The molecule has 0 saturated heterocycles. The van der Waals surface area contributed by atoms with E-state index in [4.69, 9.17) is 15.0 Å². The van der Waals surface area contributed by atoms with E-state index in [1.165, 1.54) is 51.4 Å². The number of nitrogens with zero attached hydrogens (tertiary/aromatic N) is 4. The molecule has 4 aromatic heterocycles. The molecule has 0 atom stereocenters. The van der Waals surface area contributed by atoms with Gasteiger partial charge in [0.2, 0.25) is 0 Å². The normalized spacial score (nSPS) is 11.8. The summed E-state index contributed by atoms with van der Waals surface area (Å²) in [5.41, 5.74) is 6.35. The molecule has 0 spiro atoms. The Morgan fingerprint density at radius 2 is 0.979 bits per heavy atom. The van der Waals surface area contributed by atoms with Crippen molar-refractivity contribution in [3.63, 3.8) is 0 Å². The summed E-state index contributed by atoms with van der Waals surface area (Å²) < 4.78 is 7.81. The van der Waals surface area contributed by atoms with Crippen LogP contribution < -0.4 is 0 Å². The Morgan fingerprint density at radius 1 is 0.404 bits per heavy atom. The van der Waals surface area contributed by atoms with E-state index in [-0.39, 0.29) is 0 Å². The molecule has 0 radical (unpaired) electrons. The molecule has 0 bridgehead atoms. The summed E-state index contributed by atoms with van der Waals surface area (Å²) in [6.45, 7) is 0. The topological polar surface area (TPSA) is 43.6 Å². The number of hydrogen-bond acceptors (Lipinski definition) is 5. The van der Waals surface area contributed by atoms with Crippen molar-refractivity contribution in [3.8, 4) is 39.9 Å². The molecule has 220 valence electrons. The lowest BCUT2D eigenvalue weighted by atomic mass is 10.1. The highest BCUT2D eigenvalue weighted by Gasteiger charge is 2.20. The molecule has 4 heterocycles. The van der Waals surface area contributed by atoms with Gasteiger partial charge in [-0.15, -0.1) is 22.7 Å². The molecule has 6 aromatic carbocycles. The van der Waals surface area contributed by atoms with Crippen LogP contribution in [0, 0.1) is 0 Å². The third-order valence-electron chi connectivity index (χ3n) is 8.85. The van der Waals surface area contributed by atoms with Gasteiger partial charge in [0.05, 0.1) is 25.1 Å². The lowest BCUT2D eigenvalue weighted by Crippen LogP contribution is -2.01. The van der Waals surface area contributed by atoms with E-state index < -0.39 is 0 Å². The Labute approximate surface area is 277 Å². The maximum Gasteiger partial charge on any atom is 0.164 e. The molecule has 0 saturated carbocycles. The van der Waals surface area contributed by atoms with E-state index in [1.807, 2.05) is 83.3 Å². The first-order valence-electron chi connectivity index (χ1n) is 15.5. The summed E-state index contributed by atoms with van der Waals surface area (Å²) in [5.74, 6) is 1.96. The van der Waals surface area contributed by atoms with Crippen LogP contribution in [0.3, 0.4) is 0 Å². The van der Waals surface area contributed by atoms with Gasteiger partial charge in [-0.2, -0.15) is 0 Å². The van der Waals surface area contributed by atoms with Gasteiger partial charge < -0.3 is 4.57 Å². The molecule has 10 aromatic rings. The second-order valence-electron chi connectivity index (χ2n) is 11.6. The number of para-hydroxylation sites is 1. The quantitative estimate of drug-likeness (QED) is 0.193. The maximum absolute atomic E-state index is 5.02. The average molecular weight is 637 g/mol. The zero-order valence-electron chi connectivity index (χ0n) is 25.0. The van der Waals surface area contributed by atoms with Gasteiger partial charge in [0.1, 0.15) is 0 Å². The van der Waals surface area contributed by atoms with Crippen LogP contribution >= 0.6 is 22.7 Å². The molecular formula is C41H24N4S2. The highest BCUT2D eigenvalue weighted by molar-refractivity contribution is 7.37. The van der Waals surface area contributed by atoms with Crippen LogP contribution in [0.1, 0.15) is 0 Å². The van der Waals surface area contributed by atoms with Gasteiger partial charge in [0, 0.05) is 48.6 Å². The molecule has 0 aliphatic heterocycles. The van der Waals surface area contributed by atoms with E-state index in [0.29, 0.717) is 17.5 Å². The largest absolute Gasteiger partial charge is 0.308 e. The third-order valence-corrected chi connectivity index (χ3v) is 11.4. The van der Waals surface area contributed by atoms with Gasteiger partial charge in [0.15, 0.2) is 17.5 Å². The highest BCUT2D eigenvalue weighted by atomic mass is 32.1. The molecule has 0 N–H and O–H groups in total. The van der Waals surface area contributed by atoms with Crippen LogP contribution in [0.4, 0.5) is 0 Å². The lowest BCUT2D eigenvalue weighted by Gasteiger charge is -2.12. The Hall–Kier alpha value is -5.69. The van der Waals surface area contributed by atoms with E-state index >= 15 is 0 Å². The standard InChI is InChI=1S/C41H24N4S2/c1-3-12-25(13-4-1)39-42-40(26-14-5-2-6-15-26)44-41(43-39)27-16-11-17-28(24-27)45-33-20-9-7-18-29(33)30-22-23-32-36(35(30)45)47-37-31-19-8-10-21-34(31)46-38(32)37/h1-24H. The minimum absolute atomic E-state index is 0.647. The fraction of sp³-hybridized carbons (Fsp3) is 0. The van der Waals surface area contributed by atoms with Crippen molar-refractivity contribution in [2.24, 2.45) is 0 Å². The van der Waals surface area contributed by atoms with Crippen LogP contribution in [0.2, 0.25) is 0 Å². The van der Waals surface area contributed by atoms with Crippen molar-refractivity contribution < 1.29 is 0 Å². The van der Waals surface area contributed by atoms with Gasteiger partial charge in [-0.1, -0.05) is 121 Å². The Kier molecular flexibility index (Phi) is 5.88. The fourth-order valence-electron chi connectivity index (χ4n) is 6.70. The van der Waals surface area contributed by atoms with Crippen LogP contribution in [0.25, 0.3) is 91.2 Å². The Morgan fingerprint density at radius 3 is 1.72 bits per heavy atom. The number of aromatic nitrogens is 4. The van der Waals surface area contributed by atoms with Crippen molar-refractivity contribution in [2.75, 3.05) is 0 Å². The van der Waals surface area contributed by atoms with Crippen molar-refractivity contribution in [1.29, 1.82) is 0 Å². The summed E-state index contributed by atoms with van der Waals surface area (Å²) in [5, 5.41) is 5.16. The van der Waals surface area contributed by atoms with Gasteiger partial charge in [-0.25, -0.2) is 15.0 Å². The molecule has 4 nitrogen and oxygen atoms in total. The molecule has 10 rings (SSSR count). The summed E-state index contributed by atoms with van der Waals surface area (Å²) in [4.78, 5) is 14.9. The van der Waals surface area contributed by atoms with Crippen LogP contribution in [-0.2, 0) is 0 Å². The summed E-state index contributed by atoms with van der Waals surface area (Å²) in [6, 6.07) is 51.0. The summed E-state index contributed by atoms with van der Waals surface area (Å²) in [6.07, 6.45) is 0. The van der Waals surface area contributed by atoms with Crippen molar-refractivity contribution in [1.82, 2.24) is 19.5 Å². The number of rotatable bonds is 4. The van der Waals surface area contributed by atoms with Gasteiger partial charge in [-0.05, 0) is 24.3 Å². The molecule has 0 aliphatic carbocycles. The predicted molar refractivity (Wildman–Crippen MR) is 199 cm³/mol. The monoisotopic (exact) mass is 636 g/mol. The fourth-order valence-corrected chi connectivity index (χ4v) is 9.48. The SMILES string of the molecule is c1ccc(-c2nc(-c3ccccc3)nc(-c3cccc(-n4c5ccccc5c5ccc6c7sc8ccccc8c7sc6c54)c3)n2)cc1. The van der Waals surface area contributed by atoms with E-state index in [0.717, 1.165) is 22.4 Å². The molecular weight excluding hydrogens is 613 g/mol. The first-order valence-corrected chi connectivity index (χ1v) is 17.2. The summed E-state index contributed by atoms with van der Waals surface area (Å²) in [7, 11) is 0. The second kappa shape index (κ2) is 10.4. The molecule has 0 fully saturated rings. The van der Waals surface area contributed by atoms with E-state index in [9.17, 15) is 0 Å². The molecule has 6 heteroatoms. The third kappa shape index (κ3) is 4.16. The Bertz CT molecular complexity index is 2740. The van der Waals surface area contributed by atoms with E-state index in [2.05, 4.69) is 89.5 Å². The number of benzene rings is 6. The summed E-state index contributed by atoms with van der Waals surface area (Å²) >= 11 is 3.80. The number of fused-ring (bicyclic) bond motifs is 9. The van der Waals surface area contributed by atoms with E-state index in [1.54, 1.807) is 0 Å². The zero-order chi connectivity index (χ0) is 30.9. The minimum Gasteiger partial charge on any atom is -0.308 e. The first-order chi connectivity index (χ1) is 23.3. The minimum atomic E-state index is 0.647. The first kappa shape index (κ1) is 26.5. The smallest absolute Gasteiger partial charge is 0.164 e. The second-order valence-corrected chi connectivity index (χ2v) is 13.7. The maximum atomic E-state index is 5.02. The zero-order valence-corrected chi connectivity index (χ0v) is 26.6. The predicted octanol–water partition coefficient (Wildman–Crippen LogP) is 11.6. The number of thiophene rings is 2. The van der Waals surface area contributed by atoms with Crippen molar-refractivity contribution in [3.05, 3.63) is 146 Å². The van der Waals surface area contributed by atoms with Crippen LogP contribution in [-0.4, -0.2) is 19.5 Å². The average Bonchev–Trinajstić information content (AvgIpc) is 3.80. The van der Waals surface area contributed by atoms with Crippen LogP contribution in [0.15, 0.2) is 146 Å². The highest BCUT2D eigenvalue weighted by Crippen LogP contribution is 2.48. The van der Waals surface area contributed by atoms with Gasteiger partial charge in [-0.3, -0.25) is 0 Å². The molecule has 0 amide bonds. The van der Waals surface area contributed by atoms with Gasteiger partial charge >= 0.3 is 0 Å². The molecule has 0 aliphatic rings. The number of hydrogen-bond donors (Lipinski definition) is 0. The lowest BCUT2D eigenvalue weighted by molar-refractivity contribution is 1.07. The van der Waals surface area contributed by atoms with Crippen LogP contribution in [0.5, 0.6) is 0 Å². The van der Waals surface area contributed by atoms with Crippen molar-refractivity contribution in [2.45, 2.75) is 0 Å². The van der Waals surface area contributed by atoms with Gasteiger partial charge in [0.25, 0.3) is 0 Å². The van der Waals surface area contributed by atoms with Crippen molar-refractivity contribution >= 4 is 74.1 Å². The molecule has 47 heavy (non-hydrogen) atoms.